The van der Waals surface area contributed by atoms with Crippen molar-refractivity contribution in [1.29, 1.82) is 0 Å². The number of aryl methyl sites for hydroxylation is 1. The number of hydrogen-bond acceptors (Lipinski definition) is 8. The number of aromatic nitrogens is 4. The van der Waals surface area contributed by atoms with Crippen LogP contribution in [0.25, 0.3) is 17.0 Å². The molecule has 2 bridgehead atoms. The number of allylic oxidation sites excluding steroid dienone is 2. The molecule has 2 aliphatic carbocycles. The molecule has 1 aliphatic heterocycles. The molecule has 2 aromatic heterocycles. The zero-order valence-electron chi connectivity index (χ0n) is 31.1. The molecule has 3 atom stereocenters. The second kappa shape index (κ2) is 84.3. The minimum absolute atomic E-state index is 0. The zero-order chi connectivity index (χ0) is 44.6. The van der Waals surface area contributed by atoms with E-state index in [0.717, 1.165) is 66.1 Å². The number of H-pyrrole nitrogens is 2. The number of para-hydroxylation sites is 1. The Hall–Kier alpha value is -5.70. The van der Waals surface area contributed by atoms with Crippen molar-refractivity contribution in [2.24, 2.45) is 5.92 Å². The van der Waals surface area contributed by atoms with Crippen LogP contribution in [-0.4, -0.2) is 53.3 Å². The van der Waals surface area contributed by atoms with Crippen LogP contribution in [0.5, 0.6) is 0 Å². The summed E-state index contributed by atoms with van der Waals surface area (Å²) in [5.74, 6) is -7.91. The second-order valence-electron chi connectivity index (χ2n) is 13.8. The number of aromatic amines is 2. The Morgan fingerprint density at radius 2 is 0.989 bits per heavy atom. The third-order valence-corrected chi connectivity index (χ3v) is 9.74. The first kappa shape index (κ1) is 198. The number of anilines is 1. The van der Waals surface area contributed by atoms with Crippen molar-refractivity contribution in [2.45, 2.75) is 321 Å². The van der Waals surface area contributed by atoms with E-state index in [4.69, 9.17) is 47.0 Å². The maximum Gasteiger partial charge on any atom is 0.430 e. The molecule has 22 heteroatoms. The number of aliphatic carboxylic acids is 3. The van der Waals surface area contributed by atoms with Crippen LogP contribution in [0.3, 0.4) is 0 Å². The zero-order valence-corrected chi connectivity index (χ0v) is 31.8. The Balaban J connectivity index is -0.0000000235. The van der Waals surface area contributed by atoms with Gasteiger partial charge in [0.1, 0.15) is 36.3 Å². The van der Waals surface area contributed by atoms with Gasteiger partial charge in [-0.1, -0.05) is 286 Å². The van der Waals surface area contributed by atoms with Crippen molar-refractivity contribution in [3.8, 4) is 0 Å². The normalized spacial score (nSPS) is 11.4. The Morgan fingerprint density at radius 1 is 0.591 bits per heavy atom. The molecule has 0 spiro atoms. The average molecular weight is 1410 g/mol. The lowest BCUT2D eigenvalue weighted by molar-refractivity contribution is -0.771. The summed E-state index contributed by atoms with van der Waals surface area (Å²) in [6.07, 6.45) is 1.45. The summed E-state index contributed by atoms with van der Waals surface area (Å²) in [4.78, 5) is 31.4. The quantitative estimate of drug-likeness (QED) is 0.0670. The van der Waals surface area contributed by atoms with E-state index < -0.39 is 36.4 Å². The number of nitrogens with zero attached hydrogens (tertiary/aromatic N) is 2. The number of carboxylic acid groups (broad SMARTS) is 3. The van der Waals surface area contributed by atoms with Crippen molar-refractivity contribution < 1.29 is 83.8 Å². The van der Waals surface area contributed by atoms with Gasteiger partial charge in [0.15, 0.2) is 11.9 Å². The number of pyridine rings is 1. The number of fused-ring (bicyclic) bond motifs is 6. The van der Waals surface area contributed by atoms with Crippen LogP contribution in [0.2, 0.25) is 5.02 Å². The predicted octanol–water partition coefficient (Wildman–Crippen LogP) is 23.4. The lowest BCUT2D eigenvalue weighted by atomic mass is 9.70. The first-order chi connectivity index (χ1) is 27.9. The van der Waals surface area contributed by atoms with E-state index >= 15 is 0 Å². The summed E-state index contributed by atoms with van der Waals surface area (Å²) in [5.41, 5.74) is 16.8. The van der Waals surface area contributed by atoms with Crippen LogP contribution in [0.1, 0.15) is 306 Å². The highest BCUT2D eigenvalue weighted by Crippen LogP contribution is 2.46. The molecular weight excluding hydrogens is 1240 g/mol. The van der Waals surface area contributed by atoms with Crippen LogP contribution in [-0.2, 0) is 33.8 Å². The smallest absolute Gasteiger partial charge is 0.430 e. The number of carbonyl (C=O) groups is 3. The lowest BCUT2D eigenvalue weighted by Gasteiger charge is -2.34. The summed E-state index contributed by atoms with van der Waals surface area (Å²) in [6.45, 7) is 2.00. The first-order valence-electron chi connectivity index (χ1n) is 18.0. The van der Waals surface area contributed by atoms with Gasteiger partial charge in [0, 0.05) is 45.9 Å². The van der Waals surface area contributed by atoms with Gasteiger partial charge >= 0.3 is 18.5 Å². The topological polar surface area (TPSA) is 198 Å². The molecule has 0 saturated heterocycles. The molecule has 0 fully saturated rings. The fourth-order valence-corrected chi connectivity index (χ4v) is 7.17. The number of benzene rings is 2. The van der Waals surface area contributed by atoms with E-state index in [1.807, 2.05) is 12.1 Å². The van der Waals surface area contributed by atoms with E-state index in [0.29, 0.717) is 11.8 Å². The number of nitrogens with two attached hydrogens (primary N) is 1. The van der Waals surface area contributed by atoms with Gasteiger partial charge in [-0.3, -0.25) is 4.90 Å². The monoisotopic (exact) mass is 1410 g/mol. The number of rotatable bonds is 8. The summed E-state index contributed by atoms with van der Waals surface area (Å²) < 4.78 is 96.8. The largest absolute Gasteiger partial charge is 0.542 e. The first-order valence-corrected chi connectivity index (χ1v) is 18.4. The van der Waals surface area contributed by atoms with Crippen LogP contribution >= 0.6 is 11.6 Å². The summed E-state index contributed by atoms with van der Waals surface area (Å²) in [6, 6.07) is 14.6. The fraction of sp³-hybridized carbons (Fsp3) is 0.662. The fourth-order valence-electron chi connectivity index (χ4n) is 6.99. The number of unbranched alkanes of at least 4 members (excludes halogenated alkanes) is 1. The van der Waals surface area contributed by atoms with Crippen LogP contribution < -0.4 is 35.6 Å². The molecule has 3 heterocycles. The molecule has 5 N–H and O–H groups in total. The van der Waals surface area contributed by atoms with Gasteiger partial charge in [-0.2, -0.15) is 44.2 Å². The SMILES string of the molecule is C.C.C.C.C.C.C.C.C.C.C.C.C.C.C.C.C.C.C.C.C.C.C.C.C.C.C.C.C.C.C.C.C.Nc1c2c([nH+]c3cc(Cl)ccc13)CC1C=C(CCCC[n+]3cc(CC[NH+]4C=Cc5ccccc54)n[nH]3)CC2C1.O=C([O-])C(F)(F)F.O=C([O-])C(F)(F)F.O=C([O-])C(F)(F)F. The van der Waals surface area contributed by atoms with Crippen molar-refractivity contribution in [2.75, 3.05) is 12.3 Å². The van der Waals surface area contributed by atoms with E-state index in [9.17, 15) is 39.5 Å². The Morgan fingerprint density at radius 3 is 1.39 bits per heavy atom. The molecule has 3 unspecified atom stereocenters. The minimum atomic E-state index is -5.19. The maximum atomic E-state index is 10.5. The molecule has 4 aromatic rings. The van der Waals surface area contributed by atoms with Crippen LogP contribution in [0.15, 0.2) is 66.5 Å². The maximum absolute atomic E-state index is 10.5. The number of alkyl halides is 9. The Kier molecular flexibility index (Phi) is 180. The Labute approximate surface area is 583 Å². The molecule has 3 aliphatic rings. The highest BCUT2D eigenvalue weighted by atomic mass is 35.5. The third-order valence-electron chi connectivity index (χ3n) is 9.50. The molecule has 588 valence electrons. The van der Waals surface area contributed by atoms with E-state index in [1.54, 1.807) is 5.57 Å². The lowest BCUT2D eigenvalue weighted by Crippen LogP contribution is -3.01. The van der Waals surface area contributed by atoms with Crippen molar-refractivity contribution in [3.05, 3.63) is 94.0 Å². The van der Waals surface area contributed by atoms with E-state index in [2.05, 4.69) is 74.9 Å². The third kappa shape index (κ3) is 58.6. The van der Waals surface area contributed by atoms with Gasteiger partial charge in [0.2, 0.25) is 11.2 Å². The van der Waals surface area contributed by atoms with Crippen molar-refractivity contribution in [3.63, 3.8) is 0 Å². The number of nitrogens with one attached hydrogen (secondary N) is 3. The van der Waals surface area contributed by atoms with Gasteiger partial charge < -0.3 is 35.4 Å². The van der Waals surface area contributed by atoms with Crippen LogP contribution in [0, 0.1) is 5.92 Å². The molecule has 93 heavy (non-hydrogen) atoms. The summed E-state index contributed by atoms with van der Waals surface area (Å²) in [7, 11) is 0. The predicted molar refractivity (Wildman–Crippen MR) is 410 cm³/mol. The average Bonchev–Trinajstić information content (AvgIpc) is 3.78. The van der Waals surface area contributed by atoms with Gasteiger partial charge in [-0.25, -0.2) is 4.98 Å². The van der Waals surface area contributed by atoms with Crippen molar-refractivity contribution >= 4 is 57.9 Å². The summed E-state index contributed by atoms with van der Waals surface area (Å²) in [5, 5.41) is 36.0. The number of carbonyl (C=O) groups excluding carboxylic acids is 3. The highest BCUT2D eigenvalue weighted by Gasteiger charge is 2.37. The molecule has 7 rings (SSSR count). The number of nitrogen functional groups attached to an aromatic ring is 1. The van der Waals surface area contributed by atoms with E-state index in [1.165, 1.54) is 46.7 Å². The molecular formula is C71H168ClF9N6O6. The number of quaternary nitrogens is 1. The van der Waals surface area contributed by atoms with Gasteiger partial charge in [-0.15, -0.1) is 0 Å². The van der Waals surface area contributed by atoms with Crippen molar-refractivity contribution in [1.82, 2.24) is 10.3 Å². The van der Waals surface area contributed by atoms with E-state index in [-0.39, 0.29) is 245 Å². The summed E-state index contributed by atoms with van der Waals surface area (Å²) >= 11 is 6.24. The molecule has 2 aromatic carbocycles. The minimum Gasteiger partial charge on any atom is -0.542 e. The number of carboxylic acids is 3. The highest BCUT2D eigenvalue weighted by molar-refractivity contribution is 6.31. The number of halogens is 10. The van der Waals surface area contributed by atoms with Gasteiger partial charge in [-0.05, 0) is 62.1 Å². The van der Waals surface area contributed by atoms with Gasteiger partial charge in [0.25, 0.3) is 0 Å². The van der Waals surface area contributed by atoms with Crippen LogP contribution in [0.4, 0.5) is 50.9 Å². The molecule has 0 radical (unpaired) electrons. The standard InChI is InChI=1S/C32H33ClN6.3C2HF3O2.33CH4/c33-25-8-9-27-28(19-25)35-29-18-22-15-21(16-24(17-22)31(29)32(27)34)5-3-4-12-39-20-26(36-37-39)11-14-38-13-10-23-6-1-2-7-30(23)38;3*3-2(4,5)1(6)7;;;;;;;;;;;;;;;;;;;;;;;;;;;;;;;;;/h1-2,6-10,13,15,19-20,22,24H,3-5,11-12,14,16-18H2,(H2,34,35);3*(H,6,7);33*1H4. The number of hydrogen-bond donors (Lipinski definition) is 3. The molecule has 12 nitrogen and oxygen atoms in total. The molecule has 0 saturated carbocycles. The molecule has 0 amide bonds. The second-order valence-corrected chi connectivity index (χ2v) is 14.3. The Bertz CT molecular complexity index is 2200. The van der Waals surface area contributed by atoms with Gasteiger partial charge in [0.05, 0.1) is 24.0 Å².